The van der Waals surface area contributed by atoms with Crippen LogP contribution < -0.4 is 10.6 Å². The summed E-state index contributed by atoms with van der Waals surface area (Å²) in [6, 6.07) is 37.9. The predicted molar refractivity (Wildman–Crippen MR) is 141 cm³/mol. The summed E-state index contributed by atoms with van der Waals surface area (Å²) in [7, 11) is 0. The van der Waals surface area contributed by atoms with Gasteiger partial charge >= 0.3 is 0 Å². The molecule has 1 atom stereocenters. The van der Waals surface area contributed by atoms with Crippen molar-refractivity contribution in [3.8, 4) is 0 Å². The highest BCUT2D eigenvalue weighted by atomic mass is 32.2. The molecule has 0 aliphatic carbocycles. The minimum absolute atomic E-state index is 0.0161. The lowest BCUT2D eigenvalue weighted by molar-refractivity contribution is 0.768. The number of anilines is 1. The Hall–Kier alpha value is -3.08. The number of benzene rings is 4. The van der Waals surface area contributed by atoms with Crippen molar-refractivity contribution in [3.05, 3.63) is 131 Å². The molecule has 32 heavy (non-hydrogen) atoms. The maximum atomic E-state index is 5.67. The lowest BCUT2D eigenvalue weighted by Crippen LogP contribution is -2.33. The van der Waals surface area contributed by atoms with Gasteiger partial charge in [0.15, 0.2) is 5.11 Å². The van der Waals surface area contributed by atoms with Gasteiger partial charge in [0.05, 0.1) is 6.04 Å². The molecular formula is C28H26N2S2. The van der Waals surface area contributed by atoms with Gasteiger partial charge in [-0.05, 0) is 60.1 Å². The molecule has 0 saturated heterocycles. The van der Waals surface area contributed by atoms with E-state index in [-0.39, 0.29) is 6.04 Å². The minimum atomic E-state index is -0.0161. The van der Waals surface area contributed by atoms with Crippen LogP contribution in [0.15, 0.2) is 114 Å². The smallest absolute Gasteiger partial charge is 0.171 e. The van der Waals surface area contributed by atoms with Crippen molar-refractivity contribution >= 4 is 34.8 Å². The van der Waals surface area contributed by atoms with Gasteiger partial charge in [-0.1, -0.05) is 90.5 Å². The monoisotopic (exact) mass is 454 g/mol. The molecule has 4 aromatic carbocycles. The third-order valence-electron chi connectivity index (χ3n) is 5.14. The summed E-state index contributed by atoms with van der Waals surface area (Å²) in [5.41, 5.74) is 5.86. The van der Waals surface area contributed by atoms with Crippen LogP contribution in [0.2, 0.25) is 0 Å². The van der Waals surface area contributed by atoms with Crippen LogP contribution in [-0.4, -0.2) is 5.11 Å². The van der Waals surface area contributed by atoms with E-state index in [4.69, 9.17) is 12.2 Å². The molecule has 0 aliphatic rings. The van der Waals surface area contributed by atoms with Gasteiger partial charge in [-0.15, -0.1) is 11.8 Å². The van der Waals surface area contributed by atoms with Crippen molar-refractivity contribution in [3.63, 3.8) is 0 Å². The van der Waals surface area contributed by atoms with Crippen LogP contribution in [0.1, 0.15) is 28.3 Å². The quantitative estimate of drug-likeness (QED) is 0.225. The largest absolute Gasteiger partial charge is 0.352 e. The summed E-state index contributed by atoms with van der Waals surface area (Å²) in [6.45, 7) is 2.11. The first-order chi connectivity index (χ1) is 15.7. The predicted octanol–water partition coefficient (Wildman–Crippen LogP) is 7.36. The van der Waals surface area contributed by atoms with Gasteiger partial charge in [0.1, 0.15) is 0 Å². The standard InChI is InChI=1S/C28H26N2S2/c1-21-9-8-12-24(19-21)27(23-10-4-2-5-11-23)30-28(31)29-25-17-15-22(16-18-25)20-32-26-13-6-3-7-14-26/h2-19,27H,20H2,1H3,(H2,29,30,31)/t27-/m0/s1. The average molecular weight is 455 g/mol. The Morgan fingerprint density at radius 3 is 2.12 bits per heavy atom. The van der Waals surface area contributed by atoms with E-state index < -0.39 is 0 Å². The molecule has 4 heteroatoms. The molecule has 0 saturated carbocycles. The summed E-state index contributed by atoms with van der Waals surface area (Å²) in [5.74, 6) is 0.941. The van der Waals surface area contributed by atoms with Crippen molar-refractivity contribution in [2.75, 3.05) is 5.32 Å². The second-order valence-electron chi connectivity index (χ2n) is 7.65. The van der Waals surface area contributed by atoms with Crippen molar-refractivity contribution in [1.29, 1.82) is 0 Å². The van der Waals surface area contributed by atoms with Crippen LogP contribution >= 0.6 is 24.0 Å². The molecule has 160 valence electrons. The molecule has 0 bridgehead atoms. The third kappa shape index (κ3) is 6.22. The third-order valence-corrected chi connectivity index (χ3v) is 6.45. The lowest BCUT2D eigenvalue weighted by atomic mass is 9.97. The van der Waals surface area contributed by atoms with Gasteiger partial charge in [-0.25, -0.2) is 0 Å². The Morgan fingerprint density at radius 2 is 1.44 bits per heavy atom. The number of hydrogen-bond donors (Lipinski definition) is 2. The van der Waals surface area contributed by atoms with Crippen LogP contribution in [0.5, 0.6) is 0 Å². The summed E-state index contributed by atoms with van der Waals surface area (Å²) in [4.78, 5) is 1.28. The second kappa shape index (κ2) is 11.0. The minimum Gasteiger partial charge on any atom is -0.352 e. The zero-order chi connectivity index (χ0) is 22.2. The van der Waals surface area contributed by atoms with E-state index in [1.807, 2.05) is 23.9 Å². The zero-order valence-corrected chi connectivity index (χ0v) is 19.6. The Bertz CT molecular complexity index is 1140. The van der Waals surface area contributed by atoms with E-state index in [1.54, 1.807) is 0 Å². The number of nitrogens with one attached hydrogen (secondary N) is 2. The fourth-order valence-electron chi connectivity index (χ4n) is 3.52. The normalized spacial score (nSPS) is 11.5. The number of rotatable bonds is 7. The summed E-state index contributed by atoms with van der Waals surface area (Å²) in [5, 5.41) is 7.45. The highest BCUT2D eigenvalue weighted by Gasteiger charge is 2.15. The number of hydrogen-bond acceptors (Lipinski definition) is 2. The average Bonchev–Trinajstić information content (AvgIpc) is 2.83. The number of thiocarbonyl (C=S) groups is 1. The fourth-order valence-corrected chi connectivity index (χ4v) is 4.63. The van der Waals surface area contributed by atoms with Crippen LogP contribution in [0.25, 0.3) is 0 Å². The fraction of sp³-hybridized carbons (Fsp3) is 0.107. The molecule has 2 nitrogen and oxygen atoms in total. The molecule has 0 aromatic heterocycles. The van der Waals surface area contributed by atoms with E-state index in [2.05, 4.69) is 115 Å². The first kappa shape index (κ1) is 22.1. The number of aryl methyl sites for hydroxylation is 1. The van der Waals surface area contributed by atoms with Gasteiger partial charge in [-0.2, -0.15) is 0 Å². The number of thioether (sulfide) groups is 1. The molecule has 2 N–H and O–H groups in total. The summed E-state index contributed by atoms with van der Waals surface area (Å²) in [6.07, 6.45) is 0. The molecule has 0 unspecified atom stereocenters. The highest BCUT2D eigenvalue weighted by Crippen LogP contribution is 2.24. The van der Waals surface area contributed by atoms with Gasteiger partial charge in [0.25, 0.3) is 0 Å². The van der Waals surface area contributed by atoms with E-state index in [0.717, 1.165) is 11.4 Å². The molecule has 0 spiro atoms. The molecule has 0 amide bonds. The highest BCUT2D eigenvalue weighted by molar-refractivity contribution is 7.98. The van der Waals surface area contributed by atoms with Crippen LogP contribution in [0.3, 0.4) is 0 Å². The Kier molecular flexibility index (Phi) is 7.59. The van der Waals surface area contributed by atoms with Crippen LogP contribution in [0, 0.1) is 6.92 Å². The van der Waals surface area contributed by atoms with Crippen molar-refractivity contribution in [2.45, 2.75) is 23.6 Å². The maximum absolute atomic E-state index is 5.67. The Morgan fingerprint density at radius 1 is 0.781 bits per heavy atom. The lowest BCUT2D eigenvalue weighted by Gasteiger charge is -2.22. The van der Waals surface area contributed by atoms with E-state index in [1.165, 1.54) is 27.1 Å². The molecular weight excluding hydrogens is 428 g/mol. The SMILES string of the molecule is Cc1cccc([C@@H](NC(=S)Nc2ccc(CSc3ccccc3)cc2)c2ccccc2)c1. The Labute approximate surface area is 200 Å². The molecule has 0 heterocycles. The molecule has 4 rings (SSSR count). The van der Waals surface area contributed by atoms with Crippen LogP contribution in [-0.2, 0) is 5.75 Å². The van der Waals surface area contributed by atoms with Crippen molar-refractivity contribution < 1.29 is 0 Å². The van der Waals surface area contributed by atoms with Gasteiger partial charge < -0.3 is 10.6 Å². The topological polar surface area (TPSA) is 24.1 Å². The van der Waals surface area contributed by atoms with E-state index in [9.17, 15) is 0 Å². The van der Waals surface area contributed by atoms with E-state index in [0.29, 0.717) is 5.11 Å². The van der Waals surface area contributed by atoms with E-state index >= 15 is 0 Å². The Balaban J connectivity index is 1.40. The molecule has 0 radical (unpaired) electrons. The molecule has 0 fully saturated rings. The maximum Gasteiger partial charge on any atom is 0.171 e. The van der Waals surface area contributed by atoms with Gasteiger partial charge in [-0.3, -0.25) is 0 Å². The van der Waals surface area contributed by atoms with Gasteiger partial charge in [0.2, 0.25) is 0 Å². The molecule has 4 aromatic rings. The summed E-state index contributed by atoms with van der Waals surface area (Å²) >= 11 is 7.51. The summed E-state index contributed by atoms with van der Waals surface area (Å²) < 4.78 is 0. The molecule has 0 aliphatic heterocycles. The van der Waals surface area contributed by atoms with Crippen molar-refractivity contribution in [1.82, 2.24) is 5.32 Å². The first-order valence-corrected chi connectivity index (χ1v) is 12.0. The van der Waals surface area contributed by atoms with Crippen molar-refractivity contribution in [2.24, 2.45) is 0 Å². The van der Waals surface area contributed by atoms with Gasteiger partial charge in [0, 0.05) is 16.3 Å². The second-order valence-corrected chi connectivity index (χ2v) is 9.11. The first-order valence-electron chi connectivity index (χ1n) is 10.6. The zero-order valence-electron chi connectivity index (χ0n) is 18.0. The van der Waals surface area contributed by atoms with Crippen LogP contribution in [0.4, 0.5) is 5.69 Å².